The number of esters is 1. The van der Waals surface area contributed by atoms with Crippen LogP contribution in [0.2, 0.25) is 0 Å². The van der Waals surface area contributed by atoms with Crippen LogP contribution in [-0.2, 0) is 49.5 Å². The molecule has 68 heavy (non-hydrogen) atoms. The minimum atomic E-state index is -1.72. The zero-order valence-electron chi connectivity index (χ0n) is 40.1. The number of aliphatic hydroxyl groups is 2. The Kier molecular flexibility index (Phi) is 25.9. The third-order valence-electron chi connectivity index (χ3n) is 11.4. The molecule has 2 rings (SSSR count). The molecule has 0 spiro atoms. The molecular formula is C46H76N10O12. The van der Waals surface area contributed by atoms with E-state index in [2.05, 4.69) is 36.9 Å². The normalized spacial score (nSPS) is 23.2. The van der Waals surface area contributed by atoms with E-state index in [9.17, 15) is 53.7 Å². The second-order valence-corrected chi connectivity index (χ2v) is 17.9. The molecule has 7 amide bonds. The SMILES string of the molecule is CC1OC(=O)[C@@H](C)NC(=O)[C@@H](CCC(N)=O)NC(=O)[C@@H]([C@H](C)O)NC(=O)C(Cc2ccc(O)cc2)NC(=O)[C@@H](C(C)C)NC(=O)[C@H]1NC(=O)CC(O)CCCCCCCCCCCCN=C(N)N. The van der Waals surface area contributed by atoms with Crippen LogP contribution in [0.3, 0.4) is 0 Å². The van der Waals surface area contributed by atoms with Crippen molar-refractivity contribution < 1.29 is 58.4 Å². The van der Waals surface area contributed by atoms with Crippen molar-refractivity contribution in [3.8, 4) is 5.75 Å². The van der Waals surface area contributed by atoms with Gasteiger partial charge in [-0.2, -0.15) is 0 Å². The summed E-state index contributed by atoms with van der Waals surface area (Å²) in [6.07, 6.45) is 4.87. The minimum absolute atomic E-state index is 0.0747. The van der Waals surface area contributed by atoms with Crippen LogP contribution in [0.5, 0.6) is 5.75 Å². The number of hydrogen-bond acceptors (Lipinski definition) is 13. The van der Waals surface area contributed by atoms with Gasteiger partial charge in [0, 0.05) is 19.4 Å². The largest absolute Gasteiger partial charge is 0.508 e. The number of hydrogen-bond donors (Lipinski definition) is 12. The van der Waals surface area contributed by atoms with Crippen LogP contribution in [-0.4, -0.2) is 130 Å². The molecule has 3 unspecified atom stereocenters. The lowest BCUT2D eigenvalue weighted by Gasteiger charge is -2.30. The topological polar surface area (TPSA) is 369 Å². The van der Waals surface area contributed by atoms with Gasteiger partial charge in [0.05, 0.1) is 18.6 Å². The third kappa shape index (κ3) is 22.2. The number of nitrogens with one attached hydrogen (secondary N) is 6. The number of amides is 7. The van der Waals surface area contributed by atoms with E-state index in [4.69, 9.17) is 21.9 Å². The van der Waals surface area contributed by atoms with E-state index in [1.807, 2.05) is 0 Å². The maximum absolute atomic E-state index is 14.1. The minimum Gasteiger partial charge on any atom is -0.508 e. The lowest BCUT2D eigenvalue weighted by Crippen LogP contribution is -2.62. The second-order valence-electron chi connectivity index (χ2n) is 17.9. The Morgan fingerprint density at radius 2 is 1.24 bits per heavy atom. The first-order valence-electron chi connectivity index (χ1n) is 23.6. The van der Waals surface area contributed by atoms with E-state index in [1.165, 1.54) is 45.0 Å². The lowest BCUT2D eigenvalue weighted by atomic mass is 9.99. The summed E-state index contributed by atoms with van der Waals surface area (Å²) in [7, 11) is 0. The van der Waals surface area contributed by atoms with Gasteiger partial charge in [-0.05, 0) is 63.6 Å². The monoisotopic (exact) mass is 961 g/mol. The Morgan fingerprint density at radius 3 is 1.79 bits per heavy atom. The Balaban J connectivity index is 2.33. The Hall–Kier alpha value is -6.03. The number of carbonyl (C=O) groups is 8. The highest BCUT2D eigenvalue weighted by Crippen LogP contribution is 2.16. The molecule has 0 saturated carbocycles. The number of aliphatic hydroxyl groups excluding tert-OH is 2. The van der Waals surface area contributed by atoms with Gasteiger partial charge in [-0.25, -0.2) is 4.79 Å². The average molecular weight is 961 g/mol. The van der Waals surface area contributed by atoms with Crippen molar-refractivity contribution in [1.82, 2.24) is 31.9 Å². The number of aromatic hydroxyl groups is 1. The first-order chi connectivity index (χ1) is 32.1. The van der Waals surface area contributed by atoms with Crippen molar-refractivity contribution in [2.75, 3.05) is 6.54 Å². The maximum Gasteiger partial charge on any atom is 0.328 e. The number of nitrogens with two attached hydrogens (primary N) is 3. The fraction of sp³-hybridized carbons (Fsp3) is 0.674. The van der Waals surface area contributed by atoms with Gasteiger partial charge in [-0.15, -0.1) is 0 Å². The number of guanidine groups is 1. The highest BCUT2D eigenvalue weighted by molar-refractivity contribution is 5.97. The van der Waals surface area contributed by atoms with Gasteiger partial charge in [-0.3, -0.25) is 38.6 Å². The molecular weight excluding hydrogens is 885 g/mol. The average Bonchev–Trinajstić information content (AvgIpc) is 3.26. The standard InChI is InChI=1S/C46H76N10O12/c1-26(2)37-42(64)53-34(24-30-17-19-31(58)20-18-30)41(63)56-38(28(4)57)43(65)52-33(21-22-35(47)60)40(62)51-27(3)45(67)68-29(5)39(44(66)55-37)54-36(61)25-32(59)16-14-12-10-8-6-7-9-11-13-15-23-50-46(48)49/h17-20,26-29,32-34,37-39,57-59H,6-16,21-25H2,1-5H3,(H2,47,60)(H,51,62)(H,52,65)(H,53,64)(H,54,61)(H,55,66)(H,56,63)(H4,48,49,50)/t27-,28+,29?,32?,33-,34?,37-,38-,39+/m1/s1. The third-order valence-corrected chi connectivity index (χ3v) is 11.4. The second kappa shape index (κ2) is 30.4. The zero-order valence-corrected chi connectivity index (χ0v) is 40.1. The summed E-state index contributed by atoms with van der Waals surface area (Å²) in [5.41, 5.74) is 16.5. The van der Waals surface area contributed by atoms with Gasteiger partial charge in [0.1, 0.15) is 48.1 Å². The van der Waals surface area contributed by atoms with E-state index < -0.39 is 121 Å². The van der Waals surface area contributed by atoms with Crippen LogP contribution < -0.4 is 49.1 Å². The molecule has 1 aromatic rings. The molecule has 1 aliphatic heterocycles. The summed E-state index contributed by atoms with van der Waals surface area (Å²) < 4.78 is 5.58. The molecule has 1 fully saturated rings. The molecule has 15 N–H and O–H groups in total. The first-order valence-corrected chi connectivity index (χ1v) is 23.6. The van der Waals surface area contributed by atoms with E-state index in [0.717, 1.165) is 57.8 Å². The molecule has 0 bridgehead atoms. The van der Waals surface area contributed by atoms with E-state index in [1.54, 1.807) is 13.8 Å². The van der Waals surface area contributed by atoms with Crippen molar-refractivity contribution in [2.45, 2.75) is 185 Å². The molecule has 22 heteroatoms. The number of phenols is 1. The summed E-state index contributed by atoms with van der Waals surface area (Å²) >= 11 is 0. The number of carbonyl (C=O) groups excluding carboxylic acids is 8. The Morgan fingerprint density at radius 1 is 0.706 bits per heavy atom. The van der Waals surface area contributed by atoms with E-state index in [-0.39, 0.29) is 24.6 Å². The molecule has 9 atom stereocenters. The van der Waals surface area contributed by atoms with Crippen molar-refractivity contribution in [3.05, 3.63) is 29.8 Å². The number of phenolic OH excluding ortho intramolecular Hbond substituents is 1. The van der Waals surface area contributed by atoms with Crippen molar-refractivity contribution in [1.29, 1.82) is 0 Å². The molecule has 1 saturated heterocycles. The highest BCUT2D eigenvalue weighted by atomic mass is 16.5. The van der Waals surface area contributed by atoms with Crippen LogP contribution in [0.4, 0.5) is 0 Å². The molecule has 1 aromatic carbocycles. The summed E-state index contributed by atoms with van der Waals surface area (Å²) in [6, 6.07) is -3.45. The van der Waals surface area contributed by atoms with Crippen LogP contribution in [0.1, 0.15) is 130 Å². The van der Waals surface area contributed by atoms with Gasteiger partial charge < -0.3 is 69.2 Å². The van der Waals surface area contributed by atoms with Crippen molar-refractivity contribution in [2.24, 2.45) is 28.1 Å². The predicted octanol–water partition coefficient (Wildman–Crippen LogP) is -0.573. The number of cyclic esters (lactones) is 1. The smallest absolute Gasteiger partial charge is 0.328 e. The van der Waals surface area contributed by atoms with Crippen molar-refractivity contribution in [3.63, 3.8) is 0 Å². The molecule has 0 radical (unpaired) electrons. The number of unbranched alkanes of at least 4 members (excludes halogenated alkanes) is 9. The van der Waals surface area contributed by atoms with E-state index >= 15 is 0 Å². The zero-order chi connectivity index (χ0) is 50.9. The Bertz CT molecular complexity index is 1840. The molecule has 1 heterocycles. The van der Waals surface area contributed by atoms with Gasteiger partial charge in [0.15, 0.2) is 5.96 Å². The van der Waals surface area contributed by atoms with Gasteiger partial charge >= 0.3 is 5.97 Å². The number of primary amides is 1. The number of aliphatic imine (C=N–C) groups is 1. The molecule has 0 aromatic heterocycles. The lowest BCUT2D eigenvalue weighted by molar-refractivity contribution is -0.155. The van der Waals surface area contributed by atoms with Crippen LogP contribution >= 0.6 is 0 Å². The number of rotatable bonds is 23. The number of ether oxygens (including phenoxy) is 1. The predicted molar refractivity (Wildman–Crippen MR) is 252 cm³/mol. The quantitative estimate of drug-likeness (QED) is 0.0283. The molecule has 0 aliphatic carbocycles. The van der Waals surface area contributed by atoms with Crippen molar-refractivity contribution >= 4 is 53.3 Å². The van der Waals surface area contributed by atoms with Gasteiger partial charge in [0.2, 0.25) is 41.4 Å². The number of benzene rings is 1. The van der Waals surface area contributed by atoms with Crippen LogP contribution in [0.15, 0.2) is 29.3 Å². The Labute approximate surface area is 398 Å². The van der Waals surface area contributed by atoms with Gasteiger partial charge in [-0.1, -0.05) is 83.8 Å². The summed E-state index contributed by atoms with van der Waals surface area (Å²) in [5, 5.41) is 46.2. The van der Waals surface area contributed by atoms with Crippen LogP contribution in [0.25, 0.3) is 0 Å². The number of nitrogens with zero attached hydrogens (tertiary/aromatic N) is 1. The molecule has 22 nitrogen and oxygen atoms in total. The summed E-state index contributed by atoms with van der Waals surface area (Å²) in [6.45, 7) is 7.60. The highest BCUT2D eigenvalue weighted by Gasteiger charge is 2.38. The van der Waals surface area contributed by atoms with E-state index in [0.29, 0.717) is 24.9 Å². The fourth-order valence-electron chi connectivity index (χ4n) is 7.38. The maximum atomic E-state index is 14.1. The van der Waals surface area contributed by atoms with Gasteiger partial charge in [0.25, 0.3) is 0 Å². The first kappa shape index (κ1) is 58.1. The molecule has 382 valence electrons. The molecule has 1 aliphatic rings. The summed E-state index contributed by atoms with van der Waals surface area (Å²) in [4.78, 5) is 112. The summed E-state index contributed by atoms with van der Waals surface area (Å²) in [5.74, 6) is -8.06. The fourth-order valence-corrected chi connectivity index (χ4v) is 7.38. The van der Waals surface area contributed by atoms with Crippen LogP contribution in [0, 0.1) is 5.92 Å².